The summed E-state index contributed by atoms with van der Waals surface area (Å²) in [5, 5.41) is 8.20. The summed E-state index contributed by atoms with van der Waals surface area (Å²) in [5.41, 5.74) is 1.27. The molecule has 7 heteroatoms. The fraction of sp³-hybridized carbons (Fsp3) is 0.588. The van der Waals surface area contributed by atoms with E-state index < -0.39 is 18.5 Å². The van der Waals surface area contributed by atoms with Crippen LogP contribution in [0.1, 0.15) is 25.3 Å². The number of benzene rings is 1. The van der Waals surface area contributed by atoms with Gasteiger partial charge < -0.3 is 19.3 Å². The third kappa shape index (κ3) is 8.21. The van der Waals surface area contributed by atoms with Crippen molar-refractivity contribution in [3.8, 4) is 5.75 Å². The molecule has 0 heterocycles. The molecule has 0 aliphatic rings. The molecule has 1 aromatic rings. The van der Waals surface area contributed by atoms with Crippen LogP contribution in [0.25, 0.3) is 0 Å². The normalized spacial score (nSPS) is 11.5. The van der Waals surface area contributed by atoms with Crippen LogP contribution in [-0.4, -0.2) is 50.0 Å². The number of carboxylic acids is 1. The number of rotatable bonds is 13. The Hall–Kier alpha value is -1.73. The molecule has 0 radical (unpaired) electrons. The van der Waals surface area contributed by atoms with Gasteiger partial charge in [-0.2, -0.15) is 8.78 Å². The lowest BCUT2D eigenvalue weighted by Gasteiger charge is -2.11. The number of carboxylic acid groups (broad SMARTS) is 1. The molecule has 1 aromatic carbocycles. The van der Waals surface area contributed by atoms with E-state index in [1.807, 2.05) is 24.3 Å². The molecule has 0 unspecified atom stereocenters. The first-order chi connectivity index (χ1) is 11.5. The zero-order chi connectivity index (χ0) is 17.8. The Bertz CT molecular complexity index is 476. The molecule has 0 saturated carbocycles. The number of aryl methyl sites for hydroxylation is 1. The summed E-state index contributed by atoms with van der Waals surface area (Å²) in [6.07, 6.45) is 3.38. The largest absolute Gasteiger partial charge is 0.491 e. The molecule has 0 atom stereocenters. The van der Waals surface area contributed by atoms with Gasteiger partial charge in [-0.25, -0.2) is 4.79 Å². The molecule has 0 fully saturated rings. The van der Waals surface area contributed by atoms with Crippen molar-refractivity contribution in [2.24, 2.45) is 0 Å². The Balaban J connectivity index is 2.05. The number of hydrogen-bond donors (Lipinski definition) is 1. The summed E-state index contributed by atoms with van der Waals surface area (Å²) in [6.45, 7) is 1.60. The third-order valence-electron chi connectivity index (χ3n) is 3.21. The van der Waals surface area contributed by atoms with Crippen molar-refractivity contribution in [2.75, 3.05) is 33.0 Å². The minimum absolute atomic E-state index is 0.0923. The monoisotopic (exact) mass is 346 g/mol. The number of halogens is 2. The Morgan fingerprint density at radius 3 is 2.33 bits per heavy atom. The van der Waals surface area contributed by atoms with Crippen LogP contribution in [0.15, 0.2) is 24.3 Å². The van der Waals surface area contributed by atoms with Crippen molar-refractivity contribution in [1.29, 1.82) is 0 Å². The SMILES string of the molecule is CCCCc1ccc(OCCOCCOCC(F)(F)C(=O)O)cc1. The number of ether oxygens (including phenoxy) is 3. The lowest BCUT2D eigenvalue weighted by Crippen LogP contribution is -2.34. The first-order valence-corrected chi connectivity index (χ1v) is 7.94. The Morgan fingerprint density at radius 2 is 1.71 bits per heavy atom. The second-order valence-corrected chi connectivity index (χ2v) is 5.27. The smallest absolute Gasteiger partial charge is 0.377 e. The molecular weight excluding hydrogens is 322 g/mol. The number of hydrogen-bond acceptors (Lipinski definition) is 4. The molecule has 0 amide bonds. The van der Waals surface area contributed by atoms with E-state index in [9.17, 15) is 13.6 Å². The highest BCUT2D eigenvalue weighted by Gasteiger charge is 2.38. The van der Waals surface area contributed by atoms with Crippen molar-refractivity contribution in [2.45, 2.75) is 32.1 Å². The third-order valence-corrected chi connectivity index (χ3v) is 3.21. The van der Waals surface area contributed by atoms with Crippen molar-refractivity contribution < 1.29 is 32.9 Å². The van der Waals surface area contributed by atoms with Gasteiger partial charge in [0.25, 0.3) is 0 Å². The average Bonchev–Trinajstić information content (AvgIpc) is 2.56. The summed E-state index contributed by atoms with van der Waals surface area (Å²) < 4.78 is 40.6. The van der Waals surface area contributed by atoms with E-state index >= 15 is 0 Å². The van der Waals surface area contributed by atoms with Gasteiger partial charge in [-0.15, -0.1) is 0 Å². The molecule has 5 nitrogen and oxygen atoms in total. The maximum atomic E-state index is 12.7. The standard InChI is InChI=1S/C17H24F2O5/c1-2-3-4-14-5-7-15(8-6-14)24-12-11-22-9-10-23-13-17(18,19)16(20)21/h5-8H,2-4,9-13H2,1H3,(H,20,21). The first-order valence-electron chi connectivity index (χ1n) is 7.94. The van der Waals surface area contributed by atoms with Crippen LogP contribution in [0.4, 0.5) is 8.78 Å². The van der Waals surface area contributed by atoms with Crippen LogP contribution in [0.5, 0.6) is 5.75 Å². The van der Waals surface area contributed by atoms with Gasteiger partial charge in [0, 0.05) is 0 Å². The van der Waals surface area contributed by atoms with Crippen molar-refractivity contribution in [3.05, 3.63) is 29.8 Å². The average molecular weight is 346 g/mol. The fourth-order valence-corrected chi connectivity index (χ4v) is 1.83. The van der Waals surface area contributed by atoms with E-state index in [0.717, 1.165) is 25.0 Å². The van der Waals surface area contributed by atoms with Gasteiger partial charge in [-0.1, -0.05) is 25.5 Å². The maximum absolute atomic E-state index is 12.7. The van der Waals surface area contributed by atoms with E-state index in [-0.39, 0.29) is 19.8 Å². The Kier molecular flexibility index (Phi) is 9.26. The van der Waals surface area contributed by atoms with Crippen molar-refractivity contribution in [3.63, 3.8) is 0 Å². The topological polar surface area (TPSA) is 65.0 Å². The lowest BCUT2D eigenvalue weighted by atomic mass is 10.1. The van der Waals surface area contributed by atoms with Crippen LogP contribution in [0.2, 0.25) is 0 Å². The quantitative estimate of drug-likeness (QED) is 0.556. The number of unbranched alkanes of at least 4 members (excludes halogenated alkanes) is 1. The van der Waals surface area contributed by atoms with Crippen LogP contribution >= 0.6 is 0 Å². The summed E-state index contributed by atoms with van der Waals surface area (Å²) in [5.74, 6) is -5.32. The van der Waals surface area contributed by atoms with Gasteiger partial charge >= 0.3 is 11.9 Å². The minimum atomic E-state index is -3.87. The molecule has 0 aliphatic carbocycles. The van der Waals surface area contributed by atoms with Crippen LogP contribution in [0, 0.1) is 0 Å². The van der Waals surface area contributed by atoms with E-state index in [1.165, 1.54) is 5.56 Å². The molecule has 24 heavy (non-hydrogen) atoms. The summed E-state index contributed by atoms with van der Waals surface area (Å²) in [4.78, 5) is 10.2. The number of alkyl halides is 2. The predicted molar refractivity (Wildman–Crippen MR) is 84.8 cm³/mol. The van der Waals surface area contributed by atoms with Gasteiger partial charge in [0.05, 0.1) is 19.8 Å². The number of aliphatic carboxylic acids is 1. The van der Waals surface area contributed by atoms with Gasteiger partial charge in [0.15, 0.2) is 0 Å². The second kappa shape index (κ2) is 10.9. The highest BCUT2D eigenvalue weighted by atomic mass is 19.3. The highest BCUT2D eigenvalue weighted by molar-refractivity contribution is 5.75. The molecule has 0 saturated heterocycles. The van der Waals surface area contributed by atoms with E-state index in [0.29, 0.717) is 6.61 Å². The van der Waals surface area contributed by atoms with Crippen LogP contribution in [-0.2, 0) is 20.7 Å². The van der Waals surface area contributed by atoms with Gasteiger partial charge in [0.2, 0.25) is 0 Å². The molecule has 0 spiro atoms. The van der Waals surface area contributed by atoms with E-state index in [2.05, 4.69) is 11.7 Å². The molecule has 1 N–H and O–H groups in total. The Labute approximate surface area is 140 Å². The maximum Gasteiger partial charge on any atom is 0.377 e. The second-order valence-electron chi connectivity index (χ2n) is 5.27. The van der Waals surface area contributed by atoms with E-state index in [1.54, 1.807) is 0 Å². The molecule has 0 aliphatic heterocycles. The highest BCUT2D eigenvalue weighted by Crippen LogP contribution is 2.14. The Morgan fingerprint density at radius 1 is 1.08 bits per heavy atom. The molecule has 1 rings (SSSR count). The zero-order valence-corrected chi connectivity index (χ0v) is 13.8. The number of carbonyl (C=O) groups is 1. The molecular formula is C17H24F2O5. The van der Waals surface area contributed by atoms with Crippen molar-refractivity contribution >= 4 is 5.97 Å². The van der Waals surface area contributed by atoms with Crippen LogP contribution in [0.3, 0.4) is 0 Å². The van der Waals surface area contributed by atoms with Crippen molar-refractivity contribution in [1.82, 2.24) is 0 Å². The molecule has 0 bridgehead atoms. The zero-order valence-electron chi connectivity index (χ0n) is 13.8. The van der Waals surface area contributed by atoms with Gasteiger partial charge in [-0.3, -0.25) is 0 Å². The first kappa shape index (κ1) is 20.3. The minimum Gasteiger partial charge on any atom is -0.491 e. The van der Waals surface area contributed by atoms with Crippen LogP contribution < -0.4 is 4.74 Å². The van der Waals surface area contributed by atoms with E-state index in [4.69, 9.17) is 14.6 Å². The fourth-order valence-electron chi connectivity index (χ4n) is 1.83. The van der Waals surface area contributed by atoms with Gasteiger partial charge in [0.1, 0.15) is 19.0 Å². The summed E-state index contributed by atoms with van der Waals surface area (Å²) >= 11 is 0. The molecule has 136 valence electrons. The summed E-state index contributed by atoms with van der Waals surface area (Å²) in [6, 6.07) is 7.87. The lowest BCUT2D eigenvalue weighted by molar-refractivity contribution is -0.174. The predicted octanol–water partition coefficient (Wildman–Crippen LogP) is 3.16. The summed E-state index contributed by atoms with van der Waals surface area (Å²) in [7, 11) is 0. The van der Waals surface area contributed by atoms with Gasteiger partial charge in [-0.05, 0) is 30.5 Å². The molecule has 0 aromatic heterocycles.